The summed E-state index contributed by atoms with van der Waals surface area (Å²) in [6.07, 6.45) is 0. The number of benzene rings is 2. The van der Waals surface area contributed by atoms with Crippen molar-refractivity contribution in [2.45, 2.75) is 26.8 Å². The number of hydrogen-bond donors (Lipinski definition) is 1. The Morgan fingerprint density at radius 3 is 2.61 bits per heavy atom. The van der Waals surface area contributed by atoms with Crippen molar-refractivity contribution in [3.05, 3.63) is 68.3 Å². The van der Waals surface area contributed by atoms with Crippen molar-refractivity contribution >= 4 is 46.2 Å². The maximum absolute atomic E-state index is 12.7. The lowest BCUT2D eigenvalue weighted by atomic mass is 9.95. The largest absolute Gasteiger partial charge is 0.466 e. The van der Waals surface area contributed by atoms with Gasteiger partial charge in [-0.25, -0.2) is 9.78 Å². The minimum absolute atomic E-state index is 0.405. The van der Waals surface area contributed by atoms with Crippen LogP contribution < -0.4 is 5.32 Å². The molecule has 2 heterocycles. The van der Waals surface area contributed by atoms with E-state index in [1.165, 1.54) is 7.11 Å². The van der Waals surface area contributed by atoms with Crippen LogP contribution in [0, 0.1) is 13.8 Å². The number of rotatable bonds is 2. The second-order valence-electron chi connectivity index (χ2n) is 6.93. The summed E-state index contributed by atoms with van der Waals surface area (Å²) in [6, 6.07) is 9.03. The van der Waals surface area contributed by atoms with Gasteiger partial charge in [-0.15, -0.1) is 0 Å². The molecule has 144 valence electrons. The summed E-state index contributed by atoms with van der Waals surface area (Å²) in [5, 5.41) is 4.07. The molecule has 1 unspecified atom stereocenters. The van der Waals surface area contributed by atoms with E-state index in [1.54, 1.807) is 6.07 Å². The fraction of sp³-hybridized carbons (Fsp3) is 0.238. The van der Waals surface area contributed by atoms with Crippen LogP contribution >= 0.6 is 23.2 Å². The third-order valence-electron chi connectivity index (χ3n) is 5.22. The molecule has 2 aromatic carbocycles. The molecule has 0 bridgehead atoms. The highest BCUT2D eigenvalue weighted by Crippen LogP contribution is 2.43. The van der Waals surface area contributed by atoms with Crippen LogP contribution in [0.15, 0.2) is 41.6 Å². The van der Waals surface area contributed by atoms with Gasteiger partial charge in [0.15, 0.2) is 0 Å². The molecule has 1 aliphatic heterocycles. The monoisotopic (exact) mass is 415 g/mol. The molecule has 7 heteroatoms. The van der Waals surface area contributed by atoms with Gasteiger partial charge >= 0.3 is 5.97 Å². The average Bonchev–Trinajstić information content (AvgIpc) is 2.99. The normalized spacial score (nSPS) is 16.1. The highest BCUT2D eigenvalue weighted by Gasteiger charge is 2.36. The molecule has 0 saturated carbocycles. The molecule has 1 N–H and O–H groups in total. The summed E-state index contributed by atoms with van der Waals surface area (Å²) in [5.41, 5.74) is 5.89. The number of esters is 1. The van der Waals surface area contributed by atoms with Crippen LogP contribution in [-0.2, 0) is 9.53 Å². The maximum Gasteiger partial charge on any atom is 0.337 e. The molecule has 0 saturated heterocycles. The summed E-state index contributed by atoms with van der Waals surface area (Å²) in [5.74, 6) is 0.216. The Morgan fingerprint density at radius 1 is 1.18 bits per heavy atom. The number of aryl methyl sites for hydroxylation is 2. The Labute approximate surface area is 172 Å². The third-order valence-corrected chi connectivity index (χ3v) is 6.05. The van der Waals surface area contributed by atoms with Crippen LogP contribution in [0.25, 0.3) is 11.0 Å². The number of fused-ring (bicyclic) bond motifs is 3. The number of allylic oxidation sites excluding steroid dienone is 1. The number of methoxy groups -OCH3 is 1. The van der Waals surface area contributed by atoms with E-state index in [9.17, 15) is 4.79 Å². The molecule has 1 aromatic heterocycles. The van der Waals surface area contributed by atoms with E-state index in [0.717, 1.165) is 22.2 Å². The Hall–Kier alpha value is -2.50. The predicted molar refractivity (Wildman–Crippen MR) is 112 cm³/mol. The number of nitrogens with zero attached hydrogens (tertiary/aromatic N) is 2. The van der Waals surface area contributed by atoms with Gasteiger partial charge in [0.05, 0.1) is 39.8 Å². The summed E-state index contributed by atoms with van der Waals surface area (Å²) in [7, 11) is 1.37. The smallest absolute Gasteiger partial charge is 0.337 e. The Morgan fingerprint density at radius 2 is 1.89 bits per heavy atom. The van der Waals surface area contributed by atoms with Crippen molar-refractivity contribution in [1.29, 1.82) is 0 Å². The number of carbonyl (C=O) groups excluding carboxylic acids is 1. The minimum Gasteiger partial charge on any atom is -0.466 e. The number of anilines is 1. The Kier molecular flexibility index (Phi) is 4.60. The molecule has 0 radical (unpaired) electrons. The zero-order valence-electron chi connectivity index (χ0n) is 15.9. The molecule has 28 heavy (non-hydrogen) atoms. The Bertz CT molecular complexity index is 1160. The van der Waals surface area contributed by atoms with E-state index in [0.29, 0.717) is 32.8 Å². The van der Waals surface area contributed by atoms with Gasteiger partial charge in [0, 0.05) is 5.70 Å². The summed E-state index contributed by atoms with van der Waals surface area (Å²) in [4.78, 5) is 17.5. The summed E-state index contributed by atoms with van der Waals surface area (Å²) in [6.45, 7) is 5.93. The van der Waals surface area contributed by atoms with Gasteiger partial charge in [0.25, 0.3) is 0 Å². The number of halogens is 2. The van der Waals surface area contributed by atoms with Crippen molar-refractivity contribution in [2.75, 3.05) is 12.4 Å². The zero-order valence-corrected chi connectivity index (χ0v) is 17.4. The quantitative estimate of drug-likeness (QED) is 0.567. The number of nitrogens with one attached hydrogen (secondary N) is 1. The molecular weight excluding hydrogens is 397 g/mol. The van der Waals surface area contributed by atoms with E-state index in [2.05, 4.69) is 25.2 Å². The first kappa shape index (κ1) is 18.8. The number of hydrogen-bond acceptors (Lipinski definition) is 4. The van der Waals surface area contributed by atoms with Crippen molar-refractivity contribution in [3.8, 4) is 0 Å². The second kappa shape index (κ2) is 6.83. The van der Waals surface area contributed by atoms with Gasteiger partial charge in [-0.05, 0) is 55.7 Å². The highest BCUT2D eigenvalue weighted by atomic mass is 35.5. The fourth-order valence-corrected chi connectivity index (χ4v) is 4.08. The molecule has 0 fully saturated rings. The molecular formula is C21H19Cl2N3O2. The molecule has 0 amide bonds. The first-order valence-corrected chi connectivity index (χ1v) is 9.58. The molecule has 1 aliphatic rings. The SMILES string of the molecule is COC(=O)C1=C(C)Nc2nc3cc(C)c(C)cc3n2C1c1cccc(Cl)c1Cl. The van der Waals surface area contributed by atoms with Gasteiger partial charge in [0.2, 0.25) is 5.95 Å². The van der Waals surface area contributed by atoms with E-state index < -0.39 is 12.0 Å². The van der Waals surface area contributed by atoms with Gasteiger partial charge in [0.1, 0.15) is 0 Å². The summed E-state index contributed by atoms with van der Waals surface area (Å²) < 4.78 is 7.07. The second-order valence-corrected chi connectivity index (χ2v) is 7.72. The third kappa shape index (κ3) is 2.77. The maximum atomic E-state index is 12.7. The molecule has 0 spiro atoms. The molecule has 1 atom stereocenters. The van der Waals surface area contributed by atoms with E-state index in [4.69, 9.17) is 32.9 Å². The van der Waals surface area contributed by atoms with Crippen molar-refractivity contribution in [3.63, 3.8) is 0 Å². The minimum atomic E-state index is -0.512. The average molecular weight is 416 g/mol. The van der Waals surface area contributed by atoms with Crippen LogP contribution in [0.1, 0.15) is 29.7 Å². The Balaban J connectivity index is 2.08. The van der Waals surface area contributed by atoms with Crippen LogP contribution in [0.3, 0.4) is 0 Å². The van der Waals surface area contributed by atoms with Gasteiger partial charge in [-0.1, -0.05) is 35.3 Å². The molecule has 0 aliphatic carbocycles. The highest BCUT2D eigenvalue weighted by molar-refractivity contribution is 6.42. The van der Waals surface area contributed by atoms with Crippen LogP contribution in [0.2, 0.25) is 10.0 Å². The lowest BCUT2D eigenvalue weighted by molar-refractivity contribution is -0.136. The van der Waals surface area contributed by atoms with Crippen LogP contribution in [0.5, 0.6) is 0 Å². The topological polar surface area (TPSA) is 56.1 Å². The lowest BCUT2D eigenvalue weighted by Crippen LogP contribution is -2.28. The number of carbonyl (C=O) groups is 1. The van der Waals surface area contributed by atoms with Crippen LogP contribution in [-0.4, -0.2) is 22.6 Å². The van der Waals surface area contributed by atoms with Gasteiger partial charge in [-0.2, -0.15) is 0 Å². The number of imidazole rings is 1. The van der Waals surface area contributed by atoms with E-state index >= 15 is 0 Å². The van der Waals surface area contributed by atoms with Gasteiger partial charge in [-0.3, -0.25) is 4.57 Å². The first-order valence-electron chi connectivity index (χ1n) is 8.82. The standard InChI is InChI=1S/C21H19Cl2N3O2/c1-10-8-15-16(9-11(10)2)26-19(13-6-5-7-14(22)18(13)23)17(20(27)28-4)12(3)24-21(26)25-15/h5-9,19H,1-4H3,(H,24,25). The molecule has 4 rings (SSSR count). The zero-order chi connectivity index (χ0) is 20.2. The van der Waals surface area contributed by atoms with E-state index in [-0.39, 0.29) is 0 Å². The van der Waals surface area contributed by atoms with Crippen molar-refractivity contribution in [1.82, 2.24) is 9.55 Å². The molecule has 5 nitrogen and oxygen atoms in total. The van der Waals surface area contributed by atoms with Gasteiger partial charge < -0.3 is 10.1 Å². The van der Waals surface area contributed by atoms with E-state index in [1.807, 2.05) is 29.7 Å². The lowest BCUT2D eigenvalue weighted by Gasteiger charge is -2.30. The molecule has 3 aromatic rings. The van der Waals surface area contributed by atoms with Crippen molar-refractivity contribution < 1.29 is 9.53 Å². The first-order chi connectivity index (χ1) is 13.3. The fourth-order valence-electron chi connectivity index (χ4n) is 3.67. The van der Waals surface area contributed by atoms with Crippen molar-refractivity contribution in [2.24, 2.45) is 0 Å². The predicted octanol–water partition coefficient (Wildman–Crippen LogP) is 5.42. The number of aromatic nitrogens is 2. The number of ether oxygens (including phenoxy) is 1. The van der Waals surface area contributed by atoms with Crippen LogP contribution in [0.4, 0.5) is 5.95 Å². The summed E-state index contributed by atoms with van der Waals surface area (Å²) >= 11 is 12.9.